The van der Waals surface area contributed by atoms with E-state index in [9.17, 15) is 0 Å². The minimum atomic E-state index is 0.756. The van der Waals surface area contributed by atoms with Crippen LogP contribution in [0.25, 0.3) is 0 Å². The minimum Gasteiger partial charge on any atom is -0.384 e. The molecule has 0 aliphatic rings. The lowest BCUT2D eigenvalue weighted by Gasteiger charge is -2.14. The topological polar surface area (TPSA) is 15.3 Å². The van der Waals surface area contributed by atoms with Gasteiger partial charge < -0.3 is 10.2 Å². The highest BCUT2D eigenvalue weighted by Crippen LogP contribution is 2.16. The molecular weight excluding hydrogens is 172 g/mol. The lowest BCUT2D eigenvalue weighted by Crippen LogP contribution is -2.09. The lowest BCUT2D eigenvalue weighted by atomic mass is 10.2. The van der Waals surface area contributed by atoms with Crippen molar-refractivity contribution in [2.45, 2.75) is 6.42 Å². The molecule has 1 aromatic carbocycles. The Kier molecular flexibility index (Phi) is 3.87. The quantitative estimate of drug-likeness (QED) is 0.575. The van der Waals surface area contributed by atoms with Crippen molar-refractivity contribution in [2.24, 2.45) is 0 Å². The molecule has 0 heterocycles. The van der Waals surface area contributed by atoms with E-state index in [1.807, 2.05) is 26.2 Å². The average molecular weight is 188 g/mol. The van der Waals surface area contributed by atoms with Crippen LogP contribution in [0.3, 0.4) is 0 Å². The van der Waals surface area contributed by atoms with Crippen LogP contribution in [0.1, 0.15) is 6.42 Å². The molecule has 0 amide bonds. The number of hydrogen-bond donors (Lipinski definition) is 1. The third kappa shape index (κ3) is 3.02. The molecule has 0 spiro atoms. The van der Waals surface area contributed by atoms with Crippen LogP contribution in [-0.2, 0) is 0 Å². The second-order valence-electron chi connectivity index (χ2n) is 3.33. The van der Waals surface area contributed by atoms with Gasteiger partial charge in [-0.15, -0.1) is 12.3 Å². The molecule has 2 heteroatoms. The minimum absolute atomic E-state index is 0.756. The zero-order valence-corrected chi connectivity index (χ0v) is 8.75. The van der Waals surface area contributed by atoms with Crippen molar-refractivity contribution in [1.29, 1.82) is 0 Å². The van der Waals surface area contributed by atoms with E-state index in [-0.39, 0.29) is 0 Å². The summed E-state index contributed by atoms with van der Waals surface area (Å²) in [5.41, 5.74) is 2.31. The fourth-order valence-electron chi connectivity index (χ4n) is 1.17. The zero-order chi connectivity index (χ0) is 10.4. The van der Waals surface area contributed by atoms with Crippen molar-refractivity contribution in [3.63, 3.8) is 0 Å². The number of benzene rings is 1. The number of nitrogens with zero attached hydrogens (tertiary/aromatic N) is 1. The van der Waals surface area contributed by atoms with E-state index in [1.54, 1.807) is 0 Å². The molecule has 0 fully saturated rings. The standard InChI is InChI=1S/C12H16N2/c1-4-5-9-13-11-7-6-8-12(10-11)14(2)3/h1,6-8,10,13H,5,9H2,2-3H3. The van der Waals surface area contributed by atoms with Crippen LogP contribution in [0.5, 0.6) is 0 Å². The summed E-state index contributed by atoms with van der Waals surface area (Å²) in [5, 5.41) is 3.27. The van der Waals surface area contributed by atoms with Gasteiger partial charge in [-0.05, 0) is 18.2 Å². The molecule has 0 aliphatic carbocycles. The van der Waals surface area contributed by atoms with E-state index in [4.69, 9.17) is 6.42 Å². The van der Waals surface area contributed by atoms with Gasteiger partial charge in [-0.2, -0.15) is 0 Å². The number of hydrogen-bond acceptors (Lipinski definition) is 2. The highest BCUT2D eigenvalue weighted by Gasteiger charge is 1.95. The van der Waals surface area contributed by atoms with Gasteiger partial charge in [-0.1, -0.05) is 6.07 Å². The number of terminal acetylenes is 1. The molecule has 74 valence electrons. The molecule has 0 saturated carbocycles. The average Bonchev–Trinajstić information content (AvgIpc) is 2.19. The number of anilines is 2. The SMILES string of the molecule is C#CCCNc1cccc(N(C)C)c1. The fourth-order valence-corrected chi connectivity index (χ4v) is 1.17. The van der Waals surface area contributed by atoms with Crippen molar-refractivity contribution >= 4 is 11.4 Å². The van der Waals surface area contributed by atoms with E-state index in [2.05, 4.69) is 28.3 Å². The van der Waals surface area contributed by atoms with Crippen LogP contribution in [-0.4, -0.2) is 20.6 Å². The first kappa shape index (κ1) is 10.5. The third-order valence-electron chi connectivity index (χ3n) is 1.96. The largest absolute Gasteiger partial charge is 0.384 e. The van der Waals surface area contributed by atoms with Gasteiger partial charge in [0.05, 0.1) is 0 Å². The Morgan fingerprint density at radius 1 is 1.43 bits per heavy atom. The molecule has 0 saturated heterocycles. The zero-order valence-electron chi connectivity index (χ0n) is 8.75. The Bertz CT molecular complexity index is 323. The van der Waals surface area contributed by atoms with Crippen LogP contribution in [0.4, 0.5) is 11.4 Å². The molecule has 1 N–H and O–H groups in total. The van der Waals surface area contributed by atoms with Crippen LogP contribution in [0.15, 0.2) is 24.3 Å². The maximum absolute atomic E-state index is 5.17. The summed E-state index contributed by atoms with van der Waals surface area (Å²) in [6.45, 7) is 0.827. The van der Waals surface area contributed by atoms with E-state index in [0.717, 1.165) is 18.7 Å². The van der Waals surface area contributed by atoms with Gasteiger partial charge in [-0.3, -0.25) is 0 Å². The molecule has 1 aromatic rings. The third-order valence-corrected chi connectivity index (χ3v) is 1.96. The summed E-state index contributed by atoms with van der Waals surface area (Å²) >= 11 is 0. The van der Waals surface area contributed by atoms with Gasteiger partial charge in [0.15, 0.2) is 0 Å². The Morgan fingerprint density at radius 2 is 2.21 bits per heavy atom. The molecule has 14 heavy (non-hydrogen) atoms. The smallest absolute Gasteiger partial charge is 0.0381 e. The first-order valence-electron chi connectivity index (χ1n) is 4.69. The molecule has 0 atom stereocenters. The van der Waals surface area contributed by atoms with Gasteiger partial charge in [0.1, 0.15) is 0 Å². The molecule has 0 bridgehead atoms. The Balaban J connectivity index is 2.60. The monoisotopic (exact) mass is 188 g/mol. The van der Waals surface area contributed by atoms with Crippen molar-refractivity contribution in [3.05, 3.63) is 24.3 Å². The Labute approximate surface area is 85.9 Å². The molecule has 2 nitrogen and oxygen atoms in total. The van der Waals surface area contributed by atoms with Crippen molar-refractivity contribution in [3.8, 4) is 12.3 Å². The maximum Gasteiger partial charge on any atom is 0.0381 e. The first-order valence-corrected chi connectivity index (χ1v) is 4.69. The Morgan fingerprint density at radius 3 is 2.86 bits per heavy atom. The fraction of sp³-hybridized carbons (Fsp3) is 0.333. The second-order valence-corrected chi connectivity index (χ2v) is 3.33. The normalized spacial score (nSPS) is 9.21. The van der Waals surface area contributed by atoms with Crippen molar-refractivity contribution in [1.82, 2.24) is 0 Å². The van der Waals surface area contributed by atoms with Gasteiger partial charge >= 0.3 is 0 Å². The summed E-state index contributed by atoms with van der Waals surface area (Å²) in [5.74, 6) is 2.60. The van der Waals surface area contributed by atoms with Crippen LogP contribution in [0, 0.1) is 12.3 Å². The van der Waals surface area contributed by atoms with Gasteiger partial charge in [-0.25, -0.2) is 0 Å². The highest BCUT2D eigenvalue weighted by atomic mass is 15.1. The first-order chi connectivity index (χ1) is 6.74. The lowest BCUT2D eigenvalue weighted by molar-refractivity contribution is 1.09. The predicted molar refractivity (Wildman–Crippen MR) is 62.7 cm³/mol. The summed E-state index contributed by atoms with van der Waals surface area (Å²) in [6, 6.07) is 8.26. The molecular formula is C12H16N2. The molecule has 0 radical (unpaired) electrons. The van der Waals surface area contributed by atoms with E-state index < -0.39 is 0 Å². The van der Waals surface area contributed by atoms with E-state index in [0.29, 0.717) is 0 Å². The van der Waals surface area contributed by atoms with E-state index >= 15 is 0 Å². The van der Waals surface area contributed by atoms with Crippen molar-refractivity contribution < 1.29 is 0 Å². The van der Waals surface area contributed by atoms with Gasteiger partial charge in [0.25, 0.3) is 0 Å². The van der Waals surface area contributed by atoms with Crippen LogP contribution >= 0.6 is 0 Å². The number of nitrogens with one attached hydrogen (secondary N) is 1. The highest BCUT2D eigenvalue weighted by molar-refractivity contribution is 5.57. The molecule has 0 aliphatic heterocycles. The predicted octanol–water partition coefficient (Wildman–Crippen LogP) is 2.19. The molecule has 0 unspecified atom stereocenters. The summed E-state index contributed by atoms with van der Waals surface area (Å²) in [7, 11) is 4.06. The van der Waals surface area contributed by atoms with Crippen LogP contribution < -0.4 is 10.2 Å². The Hall–Kier alpha value is -1.62. The second kappa shape index (κ2) is 5.18. The van der Waals surface area contributed by atoms with Crippen molar-refractivity contribution in [2.75, 3.05) is 30.9 Å². The van der Waals surface area contributed by atoms with Gasteiger partial charge in [0.2, 0.25) is 0 Å². The molecule has 0 aromatic heterocycles. The summed E-state index contributed by atoms with van der Waals surface area (Å²) in [4.78, 5) is 2.08. The molecule has 1 rings (SSSR count). The number of rotatable bonds is 4. The van der Waals surface area contributed by atoms with Crippen LogP contribution in [0.2, 0.25) is 0 Å². The maximum atomic E-state index is 5.17. The van der Waals surface area contributed by atoms with E-state index in [1.165, 1.54) is 5.69 Å². The summed E-state index contributed by atoms with van der Waals surface area (Å²) < 4.78 is 0. The van der Waals surface area contributed by atoms with Gasteiger partial charge in [0, 0.05) is 38.4 Å². The summed E-state index contributed by atoms with van der Waals surface area (Å²) in [6.07, 6.45) is 5.93.